The summed E-state index contributed by atoms with van der Waals surface area (Å²) in [7, 11) is 1.61. The van der Waals surface area contributed by atoms with Crippen molar-refractivity contribution >= 4 is 16.7 Å². The summed E-state index contributed by atoms with van der Waals surface area (Å²) in [4.78, 5) is 13.0. The Hall–Kier alpha value is -3.79. The first-order valence-corrected chi connectivity index (χ1v) is 9.38. The van der Waals surface area contributed by atoms with Crippen LogP contribution < -0.4 is 10.1 Å². The molecule has 1 amide bonds. The van der Waals surface area contributed by atoms with Crippen LogP contribution in [0.25, 0.3) is 10.8 Å². The first kappa shape index (κ1) is 18.6. The molecule has 0 saturated carbocycles. The smallest absolute Gasteiger partial charge is 0.252 e. The van der Waals surface area contributed by atoms with E-state index in [1.54, 1.807) is 25.3 Å². The molecule has 1 atom stereocenters. The molecule has 0 radical (unpaired) electrons. The number of amides is 1. The van der Waals surface area contributed by atoms with Gasteiger partial charge in [0.1, 0.15) is 11.5 Å². The van der Waals surface area contributed by atoms with E-state index in [9.17, 15) is 9.90 Å². The van der Waals surface area contributed by atoms with E-state index < -0.39 is 6.04 Å². The number of aromatic hydroxyl groups is 1. The lowest BCUT2D eigenvalue weighted by Gasteiger charge is -2.23. The van der Waals surface area contributed by atoms with Crippen LogP contribution in [0, 0.1) is 0 Å². The quantitative estimate of drug-likeness (QED) is 0.506. The minimum Gasteiger partial charge on any atom is -0.508 e. The molecule has 4 heteroatoms. The molecule has 144 valence electrons. The average Bonchev–Trinajstić information content (AvgIpc) is 2.78. The highest BCUT2D eigenvalue weighted by atomic mass is 16.5. The van der Waals surface area contributed by atoms with E-state index in [0.717, 1.165) is 22.1 Å². The molecule has 4 nitrogen and oxygen atoms in total. The molecule has 0 aliphatic heterocycles. The molecule has 4 aromatic rings. The van der Waals surface area contributed by atoms with Crippen LogP contribution in [0.4, 0.5) is 0 Å². The number of phenolic OH excluding ortho intramolecular Hbond substituents is 1. The van der Waals surface area contributed by atoms with Crippen LogP contribution in [0.3, 0.4) is 0 Å². The van der Waals surface area contributed by atoms with E-state index in [1.165, 1.54) is 0 Å². The van der Waals surface area contributed by atoms with Gasteiger partial charge in [-0.3, -0.25) is 4.79 Å². The van der Waals surface area contributed by atoms with Crippen molar-refractivity contribution in [1.82, 2.24) is 5.32 Å². The van der Waals surface area contributed by atoms with Crippen LogP contribution >= 0.6 is 0 Å². The highest BCUT2D eigenvalue weighted by Gasteiger charge is 2.23. The topological polar surface area (TPSA) is 58.6 Å². The number of fused-ring (bicyclic) bond motifs is 1. The molecule has 0 unspecified atom stereocenters. The molecule has 0 aliphatic rings. The number of carbonyl (C=O) groups is 1. The van der Waals surface area contributed by atoms with Crippen LogP contribution in [0.2, 0.25) is 0 Å². The minimum atomic E-state index is -0.528. The maximum absolute atomic E-state index is 13.0. The Labute approximate surface area is 169 Å². The van der Waals surface area contributed by atoms with Gasteiger partial charge in [-0.1, -0.05) is 60.7 Å². The zero-order valence-corrected chi connectivity index (χ0v) is 16.0. The van der Waals surface area contributed by atoms with Gasteiger partial charge in [-0.15, -0.1) is 0 Å². The van der Waals surface area contributed by atoms with Gasteiger partial charge in [-0.2, -0.15) is 0 Å². The first-order valence-electron chi connectivity index (χ1n) is 9.38. The van der Waals surface area contributed by atoms with Gasteiger partial charge in [0.2, 0.25) is 0 Å². The number of phenols is 1. The zero-order valence-electron chi connectivity index (χ0n) is 16.0. The fraction of sp³-hybridized carbons (Fsp3) is 0.0800. The zero-order chi connectivity index (χ0) is 20.2. The molecule has 4 aromatic carbocycles. The Balaban J connectivity index is 1.84. The van der Waals surface area contributed by atoms with Gasteiger partial charge in [0.25, 0.3) is 5.91 Å². The van der Waals surface area contributed by atoms with Gasteiger partial charge >= 0.3 is 0 Å². The Bertz CT molecular complexity index is 1140. The molecule has 2 N–H and O–H groups in total. The summed E-state index contributed by atoms with van der Waals surface area (Å²) in [6.45, 7) is 0. The van der Waals surface area contributed by atoms with Crippen molar-refractivity contribution in [2.24, 2.45) is 0 Å². The fourth-order valence-electron chi connectivity index (χ4n) is 3.51. The van der Waals surface area contributed by atoms with Crippen molar-refractivity contribution in [2.75, 3.05) is 7.11 Å². The molecule has 0 fully saturated rings. The van der Waals surface area contributed by atoms with Crippen LogP contribution in [-0.2, 0) is 0 Å². The molecule has 0 saturated heterocycles. The fourth-order valence-corrected chi connectivity index (χ4v) is 3.51. The highest BCUT2D eigenvalue weighted by Crippen LogP contribution is 2.36. The number of methoxy groups -OCH3 is 1. The number of benzene rings is 4. The van der Waals surface area contributed by atoms with Crippen molar-refractivity contribution in [1.29, 1.82) is 0 Å². The molecule has 29 heavy (non-hydrogen) atoms. The first-order chi connectivity index (χ1) is 14.2. The van der Waals surface area contributed by atoms with Crippen molar-refractivity contribution in [3.8, 4) is 11.5 Å². The Kier molecular flexibility index (Phi) is 5.16. The van der Waals surface area contributed by atoms with Crippen LogP contribution in [0.15, 0.2) is 91.0 Å². The summed E-state index contributed by atoms with van der Waals surface area (Å²) in [5.41, 5.74) is 2.07. The van der Waals surface area contributed by atoms with E-state index in [4.69, 9.17) is 4.74 Å². The molecule has 0 bridgehead atoms. The average molecular weight is 383 g/mol. The third-order valence-electron chi connectivity index (χ3n) is 5.00. The maximum atomic E-state index is 13.0. The molecule has 0 aliphatic carbocycles. The van der Waals surface area contributed by atoms with E-state index in [-0.39, 0.29) is 11.7 Å². The number of hydrogen-bond acceptors (Lipinski definition) is 3. The van der Waals surface area contributed by atoms with E-state index >= 15 is 0 Å². The number of hydrogen-bond donors (Lipinski definition) is 2. The van der Waals surface area contributed by atoms with Gasteiger partial charge in [0.05, 0.1) is 13.2 Å². The Morgan fingerprint density at radius 3 is 2.28 bits per heavy atom. The monoisotopic (exact) mass is 383 g/mol. The van der Waals surface area contributed by atoms with Crippen molar-refractivity contribution in [2.45, 2.75) is 6.04 Å². The molecule has 0 spiro atoms. The third kappa shape index (κ3) is 3.78. The van der Waals surface area contributed by atoms with Gasteiger partial charge in [-0.25, -0.2) is 0 Å². The molecule has 0 heterocycles. The lowest BCUT2D eigenvalue weighted by Crippen LogP contribution is -2.29. The minimum absolute atomic E-state index is 0.137. The predicted molar refractivity (Wildman–Crippen MR) is 114 cm³/mol. The summed E-state index contributed by atoms with van der Waals surface area (Å²) >= 11 is 0. The summed E-state index contributed by atoms with van der Waals surface area (Å²) in [6.07, 6.45) is 0. The SMILES string of the molecule is COc1ccc([C@@H](NC(=O)c2ccccc2)c2c(O)ccc3ccccc23)cc1. The standard InChI is InChI=1S/C25H21NO3/c1-29-20-14-11-18(12-15-20)24(26-25(28)19-8-3-2-4-9-19)23-21-10-6-5-7-17(21)13-16-22(23)27/h2-16,24,27H,1H3,(H,26,28)/t24-/m1/s1. The lowest BCUT2D eigenvalue weighted by molar-refractivity contribution is 0.0943. The van der Waals surface area contributed by atoms with Crippen LogP contribution in [0.5, 0.6) is 11.5 Å². The van der Waals surface area contributed by atoms with E-state index in [0.29, 0.717) is 11.1 Å². The molecule has 0 aromatic heterocycles. The highest BCUT2D eigenvalue weighted by molar-refractivity contribution is 5.96. The summed E-state index contributed by atoms with van der Waals surface area (Å²) in [5.74, 6) is 0.653. The van der Waals surface area contributed by atoms with Crippen molar-refractivity contribution in [3.63, 3.8) is 0 Å². The normalized spacial score (nSPS) is 11.8. The van der Waals surface area contributed by atoms with Gasteiger partial charge in [-0.05, 0) is 46.7 Å². The van der Waals surface area contributed by atoms with Gasteiger partial charge < -0.3 is 15.2 Å². The number of nitrogens with one attached hydrogen (secondary N) is 1. The maximum Gasteiger partial charge on any atom is 0.252 e. The Morgan fingerprint density at radius 2 is 1.55 bits per heavy atom. The Morgan fingerprint density at radius 1 is 0.862 bits per heavy atom. The second-order valence-electron chi connectivity index (χ2n) is 6.77. The summed E-state index contributed by atoms with van der Waals surface area (Å²) in [5, 5.41) is 15.7. The van der Waals surface area contributed by atoms with E-state index in [2.05, 4.69) is 5.32 Å². The van der Waals surface area contributed by atoms with Crippen LogP contribution in [0.1, 0.15) is 27.5 Å². The van der Waals surface area contributed by atoms with Gasteiger partial charge in [0.15, 0.2) is 0 Å². The second kappa shape index (κ2) is 8.07. The summed E-state index contributed by atoms with van der Waals surface area (Å²) in [6, 6.07) is 27.4. The molecular weight excluding hydrogens is 362 g/mol. The number of rotatable bonds is 5. The number of ether oxygens (including phenoxy) is 1. The summed E-state index contributed by atoms with van der Waals surface area (Å²) < 4.78 is 5.26. The second-order valence-corrected chi connectivity index (χ2v) is 6.77. The van der Waals surface area contributed by atoms with Crippen LogP contribution in [-0.4, -0.2) is 18.1 Å². The predicted octanol–water partition coefficient (Wildman–Crippen LogP) is 5.07. The largest absolute Gasteiger partial charge is 0.508 e. The molecule has 4 rings (SSSR count). The van der Waals surface area contributed by atoms with Crippen molar-refractivity contribution in [3.05, 3.63) is 108 Å². The van der Waals surface area contributed by atoms with Crippen molar-refractivity contribution < 1.29 is 14.6 Å². The van der Waals surface area contributed by atoms with Gasteiger partial charge in [0, 0.05) is 11.1 Å². The number of carbonyl (C=O) groups excluding carboxylic acids is 1. The third-order valence-corrected chi connectivity index (χ3v) is 5.00. The molecular formula is C25H21NO3. The lowest BCUT2D eigenvalue weighted by atomic mass is 9.92. The van der Waals surface area contributed by atoms with E-state index in [1.807, 2.05) is 72.8 Å².